The molecule has 0 aliphatic carbocycles. The molecule has 3 aromatic rings. The van der Waals surface area contributed by atoms with Crippen LogP contribution in [0.3, 0.4) is 0 Å². The van der Waals surface area contributed by atoms with Gasteiger partial charge in [0, 0.05) is 26.2 Å². The maximum atomic E-state index is 13.4. The predicted octanol–water partition coefficient (Wildman–Crippen LogP) is 2.91. The number of hydrogen-bond acceptors (Lipinski definition) is 7. The zero-order chi connectivity index (χ0) is 24.3. The van der Waals surface area contributed by atoms with Crippen molar-refractivity contribution in [1.29, 1.82) is 0 Å². The summed E-state index contributed by atoms with van der Waals surface area (Å²) >= 11 is 0. The molecular formula is C23H30FN5O4S. The van der Waals surface area contributed by atoms with Crippen molar-refractivity contribution in [3.8, 4) is 11.6 Å². The van der Waals surface area contributed by atoms with Gasteiger partial charge in [0.25, 0.3) is 0 Å². The molecular weight excluding hydrogens is 461 g/mol. The Kier molecular flexibility index (Phi) is 7.34. The smallest absolute Gasteiger partial charge is 0.228 e. The summed E-state index contributed by atoms with van der Waals surface area (Å²) in [7, 11) is -3.39. The van der Waals surface area contributed by atoms with Crippen LogP contribution in [0.5, 0.6) is 0 Å². The van der Waals surface area contributed by atoms with Crippen molar-refractivity contribution in [1.82, 2.24) is 19.1 Å². The zero-order valence-electron chi connectivity index (χ0n) is 19.6. The first-order valence-electron chi connectivity index (χ1n) is 11.3. The van der Waals surface area contributed by atoms with Gasteiger partial charge >= 0.3 is 0 Å². The van der Waals surface area contributed by atoms with Crippen LogP contribution < -0.4 is 4.90 Å². The van der Waals surface area contributed by atoms with E-state index in [1.807, 2.05) is 42.4 Å². The van der Waals surface area contributed by atoms with Gasteiger partial charge in [-0.25, -0.2) is 12.8 Å². The molecule has 0 bridgehead atoms. The second-order valence-electron chi connectivity index (χ2n) is 8.57. The lowest BCUT2D eigenvalue weighted by atomic mass is 10.2. The average molecular weight is 492 g/mol. The molecule has 0 N–H and O–H groups in total. The minimum absolute atomic E-state index is 0.00772. The molecule has 0 atom stereocenters. The van der Waals surface area contributed by atoms with Crippen LogP contribution in [-0.2, 0) is 21.3 Å². The summed E-state index contributed by atoms with van der Waals surface area (Å²) in [4.78, 5) is 2.02. The van der Waals surface area contributed by atoms with E-state index >= 15 is 0 Å². The van der Waals surface area contributed by atoms with Gasteiger partial charge in [-0.1, -0.05) is 12.1 Å². The van der Waals surface area contributed by atoms with E-state index in [9.17, 15) is 12.8 Å². The highest BCUT2D eigenvalue weighted by Gasteiger charge is 2.30. The van der Waals surface area contributed by atoms with Crippen molar-refractivity contribution in [3.63, 3.8) is 0 Å². The number of aromatic nitrogens is 3. The van der Waals surface area contributed by atoms with E-state index in [2.05, 4.69) is 10.2 Å². The summed E-state index contributed by atoms with van der Waals surface area (Å²) in [5.74, 6) is 2.19. The number of furan rings is 1. The van der Waals surface area contributed by atoms with Gasteiger partial charge in [0.2, 0.25) is 21.8 Å². The third kappa shape index (κ3) is 5.65. The number of hydrogen-bond donors (Lipinski definition) is 0. The van der Waals surface area contributed by atoms with Crippen molar-refractivity contribution < 1.29 is 22.0 Å². The summed E-state index contributed by atoms with van der Waals surface area (Å²) in [5.41, 5.74) is 0.887. The number of anilines is 1. The first-order valence-corrected chi connectivity index (χ1v) is 12.9. The normalized spacial score (nSPS) is 15.4. The van der Waals surface area contributed by atoms with Crippen LogP contribution in [-0.4, -0.2) is 72.1 Å². The van der Waals surface area contributed by atoms with E-state index in [1.54, 1.807) is 12.1 Å². The van der Waals surface area contributed by atoms with Gasteiger partial charge < -0.3 is 14.1 Å². The average Bonchev–Trinajstić information content (AvgIpc) is 3.41. The number of rotatable bonds is 9. The number of piperazine rings is 1. The van der Waals surface area contributed by atoms with Gasteiger partial charge in [-0.15, -0.1) is 10.2 Å². The SMILES string of the molecule is Cc1ccc(-c2nnc(N3CCN(S(=O)(=O)CCOC(C)C)CC3)n2Cc2ccc(F)cc2)o1. The molecule has 3 heterocycles. The van der Waals surface area contributed by atoms with Gasteiger partial charge in [-0.3, -0.25) is 4.57 Å². The standard InChI is InChI=1S/C23H30FN5O4S/c1-17(2)32-14-15-34(30,31)28-12-10-27(11-13-28)23-26-25-22(21-9-4-18(3)33-21)29(23)16-19-5-7-20(24)8-6-19/h4-9,17H,10-16H2,1-3H3. The Morgan fingerprint density at radius 1 is 1.06 bits per heavy atom. The number of nitrogens with zero attached hydrogens (tertiary/aromatic N) is 5. The number of benzene rings is 1. The van der Waals surface area contributed by atoms with Crippen molar-refractivity contribution in [2.24, 2.45) is 0 Å². The van der Waals surface area contributed by atoms with E-state index in [4.69, 9.17) is 9.15 Å². The summed E-state index contributed by atoms with van der Waals surface area (Å²) < 4.78 is 53.4. The second-order valence-corrected chi connectivity index (χ2v) is 10.7. The molecule has 9 nitrogen and oxygen atoms in total. The molecule has 184 valence electrons. The van der Waals surface area contributed by atoms with E-state index in [0.29, 0.717) is 50.3 Å². The Morgan fingerprint density at radius 2 is 1.76 bits per heavy atom. The number of ether oxygens (including phenoxy) is 1. The lowest BCUT2D eigenvalue weighted by Gasteiger charge is -2.34. The molecule has 0 saturated carbocycles. The fourth-order valence-corrected chi connectivity index (χ4v) is 5.15. The van der Waals surface area contributed by atoms with Crippen molar-refractivity contribution in [2.75, 3.05) is 43.4 Å². The topological polar surface area (TPSA) is 93.7 Å². The van der Waals surface area contributed by atoms with Gasteiger partial charge in [0.05, 0.1) is 25.0 Å². The Morgan fingerprint density at radius 3 is 2.38 bits per heavy atom. The van der Waals surface area contributed by atoms with Gasteiger partial charge in [0.1, 0.15) is 11.6 Å². The molecule has 1 saturated heterocycles. The molecule has 11 heteroatoms. The van der Waals surface area contributed by atoms with E-state index in [1.165, 1.54) is 16.4 Å². The van der Waals surface area contributed by atoms with Crippen LogP contribution in [0.4, 0.5) is 10.3 Å². The van der Waals surface area contributed by atoms with Crippen molar-refractivity contribution >= 4 is 16.0 Å². The van der Waals surface area contributed by atoms with Crippen LogP contribution in [0.25, 0.3) is 11.6 Å². The quantitative estimate of drug-likeness (QED) is 0.454. The Bertz CT molecular complexity index is 1200. The lowest BCUT2D eigenvalue weighted by Crippen LogP contribution is -2.50. The minimum atomic E-state index is -3.39. The summed E-state index contributed by atoms with van der Waals surface area (Å²) in [6.07, 6.45) is -0.00772. The third-order valence-electron chi connectivity index (χ3n) is 5.65. The van der Waals surface area contributed by atoms with Gasteiger partial charge in [0.15, 0.2) is 5.76 Å². The largest absolute Gasteiger partial charge is 0.458 e. The highest BCUT2D eigenvalue weighted by molar-refractivity contribution is 7.89. The van der Waals surface area contributed by atoms with Crippen LogP contribution in [0.2, 0.25) is 0 Å². The molecule has 2 aromatic heterocycles. The molecule has 4 rings (SSSR count). The van der Waals surface area contributed by atoms with E-state index in [-0.39, 0.29) is 24.3 Å². The summed E-state index contributed by atoms with van der Waals surface area (Å²) in [5, 5.41) is 8.78. The van der Waals surface area contributed by atoms with Gasteiger partial charge in [-0.2, -0.15) is 4.31 Å². The molecule has 1 aliphatic heterocycles. The zero-order valence-corrected chi connectivity index (χ0v) is 20.5. The highest BCUT2D eigenvalue weighted by atomic mass is 32.2. The Labute approximate surface area is 199 Å². The van der Waals surface area contributed by atoms with E-state index < -0.39 is 10.0 Å². The number of sulfonamides is 1. The fourth-order valence-electron chi connectivity index (χ4n) is 3.87. The molecule has 0 unspecified atom stereocenters. The first kappa shape index (κ1) is 24.4. The summed E-state index contributed by atoms with van der Waals surface area (Å²) in [6.45, 7) is 7.87. The molecule has 0 radical (unpaired) electrons. The molecule has 34 heavy (non-hydrogen) atoms. The van der Waals surface area contributed by atoms with Crippen LogP contribution in [0, 0.1) is 12.7 Å². The highest BCUT2D eigenvalue weighted by Crippen LogP contribution is 2.27. The molecule has 1 aliphatic rings. The molecule has 1 aromatic carbocycles. The number of aryl methyl sites for hydroxylation is 1. The van der Waals surface area contributed by atoms with Crippen molar-refractivity contribution in [2.45, 2.75) is 33.4 Å². The fraction of sp³-hybridized carbons (Fsp3) is 0.478. The van der Waals surface area contributed by atoms with E-state index in [0.717, 1.165) is 11.3 Å². The monoisotopic (exact) mass is 491 g/mol. The molecule has 0 spiro atoms. The van der Waals surface area contributed by atoms with Crippen LogP contribution in [0.15, 0.2) is 40.8 Å². The second kappa shape index (κ2) is 10.2. The summed E-state index contributed by atoms with van der Waals surface area (Å²) in [6, 6.07) is 9.98. The molecule has 1 fully saturated rings. The third-order valence-corrected chi connectivity index (χ3v) is 7.49. The maximum absolute atomic E-state index is 13.4. The van der Waals surface area contributed by atoms with Crippen molar-refractivity contribution in [3.05, 3.63) is 53.5 Å². The Balaban J connectivity index is 1.53. The lowest BCUT2D eigenvalue weighted by molar-refractivity contribution is 0.0906. The van der Waals surface area contributed by atoms with Gasteiger partial charge in [-0.05, 0) is 50.6 Å². The minimum Gasteiger partial charge on any atom is -0.458 e. The number of halogens is 1. The van der Waals surface area contributed by atoms with Crippen LogP contribution >= 0.6 is 0 Å². The first-order chi connectivity index (χ1) is 16.2. The van der Waals surface area contributed by atoms with Crippen LogP contribution in [0.1, 0.15) is 25.2 Å². The Hall–Kier alpha value is -2.76. The predicted molar refractivity (Wildman–Crippen MR) is 127 cm³/mol. The molecule has 0 amide bonds. The maximum Gasteiger partial charge on any atom is 0.228 e.